The van der Waals surface area contributed by atoms with Gasteiger partial charge in [-0.25, -0.2) is 0 Å². The number of ether oxygens (including phenoxy) is 2. The fourth-order valence-electron chi connectivity index (χ4n) is 4.12. The van der Waals surface area contributed by atoms with Crippen molar-refractivity contribution in [1.29, 1.82) is 5.26 Å². The Labute approximate surface area is 188 Å². The summed E-state index contributed by atoms with van der Waals surface area (Å²) in [5, 5.41) is 10.2. The molecular weight excluding hydrogens is 402 g/mol. The lowest BCUT2D eigenvalue weighted by molar-refractivity contribution is 0.130. The van der Waals surface area contributed by atoms with E-state index in [4.69, 9.17) is 9.47 Å². The highest BCUT2D eigenvalue weighted by atomic mass is 16.5. The lowest BCUT2D eigenvalue weighted by Crippen LogP contribution is -2.39. The maximum absolute atomic E-state index is 12.5. The SMILES string of the molecule is Cn1c(=O)cc(N2CCC(Oc3ccc(OC(C)(C)C)cc3)CC2)c2cc(C#N)ccc21. The van der Waals surface area contributed by atoms with Crippen LogP contribution in [-0.2, 0) is 7.05 Å². The van der Waals surface area contributed by atoms with Gasteiger partial charge in [-0.05, 0) is 63.2 Å². The monoisotopic (exact) mass is 431 g/mol. The summed E-state index contributed by atoms with van der Waals surface area (Å²) < 4.78 is 13.7. The van der Waals surface area contributed by atoms with Crippen LogP contribution in [0.2, 0.25) is 0 Å². The normalized spacial score (nSPS) is 14.9. The molecule has 0 atom stereocenters. The van der Waals surface area contributed by atoms with Crippen molar-refractivity contribution in [2.24, 2.45) is 7.05 Å². The summed E-state index contributed by atoms with van der Waals surface area (Å²) in [5.74, 6) is 1.66. The van der Waals surface area contributed by atoms with E-state index in [-0.39, 0.29) is 17.3 Å². The third-order valence-electron chi connectivity index (χ3n) is 5.69. The van der Waals surface area contributed by atoms with Crippen LogP contribution in [0.25, 0.3) is 10.9 Å². The van der Waals surface area contributed by atoms with Gasteiger partial charge in [-0.2, -0.15) is 5.26 Å². The summed E-state index contributed by atoms with van der Waals surface area (Å²) in [5.41, 5.74) is 2.04. The molecule has 0 amide bonds. The first kappa shape index (κ1) is 21.8. The van der Waals surface area contributed by atoms with Gasteiger partial charge in [0.15, 0.2) is 0 Å². The van der Waals surface area contributed by atoms with Crippen LogP contribution in [0.15, 0.2) is 53.3 Å². The summed E-state index contributed by atoms with van der Waals surface area (Å²) in [6.45, 7) is 7.65. The molecule has 2 aromatic carbocycles. The van der Waals surface area contributed by atoms with Gasteiger partial charge in [0.1, 0.15) is 23.2 Å². The van der Waals surface area contributed by atoms with Gasteiger partial charge in [0.2, 0.25) is 0 Å². The highest BCUT2D eigenvalue weighted by molar-refractivity contribution is 5.93. The minimum Gasteiger partial charge on any atom is -0.490 e. The molecule has 6 nitrogen and oxygen atoms in total. The maximum Gasteiger partial charge on any atom is 0.252 e. The van der Waals surface area contributed by atoms with E-state index < -0.39 is 0 Å². The fourth-order valence-corrected chi connectivity index (χ4v) is 4.12. The number of hydrogen-bond donors (Lipinski definition) is 0. The molecule has 6 heteroatoms. The standard InChI is InChI=1S/C26H29N3O3/c1-26(2,3)32-21-8-6-19(7-9-21)31-20-11-13-29(14-12-20)24-16-25(30)28(4)23-10-5-18(17-27)15-22(23)24/h5-10,15-16,20H,11-14H2,1-4H3. The Balaban J connectivity index is 1.46. The van der Waals surface area contributed by atoms with Crippen molar-refractivity contribution < 1.29 is 9.47 Å². The summed E-state index contributed by atoms with van der Waals surface area (Å²) in [6, 6.07) is 17.1. The quantitative estimate of drug-likeness (QED) is 0.602. The van der Waals surface area contributed by atoms with Crippen LogP contribution < -0.4 is 19.9 Å². The van der Waals surface area contributed by atoms with Crippen molar-refractivity contribution in [2.75, 3.05) is 18.0 Å². The molecular formula is C26H29N3O3. The van der Waals surface area contributed by atoms with E-state index in [1.165, 1.54) is 0 Å². The van der Waals surface area contributed by atoms with Crippen molar-refractivity contribution in [3.8, 4) is 17.6 Å². The number of anilines is 1. The Morgan fingerprint density at radius 2 is 1.66 bits per heavy atom. The molecule has 0 unspecified atom stereocenters. The van der Waals surface area contributed by atoms with Gasteiger partial charge in [-0.3, -0.25) is 4.79 Å². The number of nitrogens with zero attached hydrogens (tertiary/aromatic N) is 3. The zero-order chi connectivity index (χ0) is 22.9. The molecule has 1 aromatic heterocycles. The van der Waals surface area contributed by atoms with Gasteiger partial charge in [-0.15, -0.1) is 0 Å². The summed E-state index contributed by atoms with van der Waals surface area (Å²) >= 11 is 0. The number of benzene rings is 2. The molecule has 2 heterocycles. The predicted molar refractivity (Wildman–Crippen MR) is 127 cm³/mol. The Hall–Kier alpha value is -3.46. The lowest BCUT2D eigenvalue weighted by Gasteiger charge is -2.34. The van der Waals surface area contributed by atoms with Gasteiger partial charge >= 0.3 is 0 Å². The Kier molecular flexibility index (Phi) is 5.84. The molecule has 1 saturated heterocycles. The van der Waals surface area contributed by atoms with Crippen LogP contribution in [0, 0.1) is 11.3 Å². The van der Waals surface area contributed by atoms with Gasteiger partial charge in [0, 0.05) is 44.4 Å². The van der Waals surface area contributed by atoms with Crippen molar-refractivity contribution in [2.45, 2.75) is 45.3 Å². The maximum atomic E-state index is 12.5. The molecule has 1 aliphatic heterocycles. The van der Waals surface area contributed by atoms with Gasteiger partial charge in [-0.1, -0.05) is 0 Å². The predicted octanol–water partition coefficient (Wildman–Crippen LogP) is 4.64. The average Bonchev–Trinajstić information content (AvgIpc) is 2.77. The second-order valence-electron chi connectivity index (χ2n) is 9.26. The number of piperidine rings is 1. The van der Waals surface area contributed by atoms with E-state index in [1.54, 1.807) is 23.7 Å². The number of aryl methyl sites for hydroxylation is 1. The summed E-state index contributed by atoms with van der Waals surface area (Å²) in [6.07, 6.45) is 1.83. The number of aromatic nitrogens is 1. The van der Waals surface area contributed by atoms with Crippen LogP contribution in [-0.4, -0.2) is 29.4 Å². The van der Waals surface area contributed by atoms with Crippen molar-refractivity contribution in [3.05, 3.63) is 64.4 Å². The van der Waals surface area contributed by atoms with Crippen molar-refractivity contribution in [3.63, 3.8) is 0 Å². The molecule has 166 valence electrons. The number of nitriles is 1. The molecule has 0 N–H and O–H groups in total. The van der Waals surface area contributed by atoms with E-state index in [0.717, 1.165) is 54.0 Å². The van der Waals surface area contributed by atoms with Gasteiger partial charge in [0.05, 0.1) is 22.8 Å². The molecule has 3 aromatic rings. The molecule has 0 saturated carbocycles. The van der Waals surface area contributed by atoms with Gasteiger partial charge in [0.25, 0.3) is 5.56 Å². The van der Waals surface area contributed by atoms with Crippen molar-refractivity contribution >= 4 is 16.6 Å². The zero-order valence-corrected chi connectivity index (χ0v) is 19.1. The molecule has 1 fully saturated rings. The van der Waals surface area contributed by atoms with Gasteiger partial charge < -0.3 is 18.9 Å². The molecule has 0 spiro atoms. The van der Waals surface area contributed by atoms with E-state index in [0.29, 0.717) is 5.56 Å². The van der Waals surface area contributed by atoms with Crippen LogP contribution in [0.3, 0.4) is 0 Å². The Bertz CT molecular complexity index is 1210. The largest absolute Gasteiger partial charge is 0.490 e. The van der Waals surface area contributed by atoms with Crippen LogP contribution >= 0.6 is 0 Å². The first-order chi connectivity index (χ1) is 15.2. The van der Waals surface area contributed by atoms with Crippen LogP contribution in [0.5, 0.6) is 11.5 Å². The van der Waals surface area contributed by atoms with Crippen LogP contribution in [0.4, 0.5) is 5.69 Å². The van der Waals surface area contributed by atoms with Crippen molar-refractivity contribution in [1.82, 2.24) is 4.57 Å². The molecule has 4 rings (SSSR count). The van der Waals surface area contributed by atoms with E-state index in [9.17, 15) is 10.1 Å². The third-order valence-corrected chi connectivity index (χ3v) is 5.69. The number of rotatable bonds is 4. The van der Waals surface area contributed by atoms with Crippen LogP contribution in [0.1, 0.15) is 39.2 Å². The second-order valence-corrected chi connectivity index (χ2v) is 9.26. The molecule has 1 aliphatic rings. The first-order valence-corrected chi connectivity index (χ1v) is 11.0. The van der Waals surface area contributed by atoms with E-state index in [2.05, 4.69) is 11.0 Å². The molecule has 0 bridgehead atoms. The Morgan fingerprint density at radius 3 is 2.28 bits per heavy atom. The average molecular weight is 432 g/mol. The third kappa shape index (κ3) is 4.72. The highest BCUT2D eigenvalue weighted by Crippen LogP contribution is 2.30. The molecule has 0 aliphatic carbocycles. The molecule has 32 heavy (non-hydrogen) atoms. The highest BCUT2D eigenvalue weighted by Gasteiger charge is 2.23. The smallest absolute Gasteiger partial charge is 0.252 e. The zero-order valence-electron chi connectivity index (χ0n) is 19.1. The minimum absolute atomic E-state index is 0.0480. The molecule has 0 radical (unpaired) electrons. The number of fused-ring (bicyclic) bond motifs is 1. The fraction of sp³-hybridized carbons (Fsp3) is 0.385. The number of hydrogen-bond acceptors (Lipinski definition) is 5. The lowest BCUT2D eigenvalue weighted by atomic mass is 10.0. The topological polar surface area (TPSA) is 67.5 Å². The minimum atomic E-state index is -0.230. The first-order valence-electron chi connectivity index (χ1n) is 11.0. The van der Waals surface area contributed by atoms with E-state index >= 15 is 0 Å². The van der Waals surface area contributed by atoms with E-state index in [1.807, 2.05) is 57.2 Å². The number of pyridine rings is 1. The second kappa shape index (κ2) is 8.58. The summed E-state index contributed by atoms with van der Waals surface area (Å²) in [7, 11) is 1.76. The summed E-state index contributed by atoms with van der Waals surface area (Å²) in [4.78, 5) is 14.7. The Morgan fingerprint density at radius 1 is 1.00 bits per heavy atom.